The van der Waals surface area contributed by atoms with Gasteiger partial charge in [-0.15, -0.1) is 0 Å². The Morgan fingerprint density at radius 2 is 2.14 bits per heavy atom. The fraction of sp³-hybridized carbons (Fsp3) is 0.222. The molecule has 1 rings (SSSR count). The van der Waals surface area contributed by atoms with Crippen molar-refractivity contribution in [3.8, 4) is 0 Å². The lowest BCUT2D eigenvalue weighted by atomic mass is 10.2. The van der Waals surface area contributed by atoms with Gasteiger partial charge in [0.05, 0.1) is 17.2 Å². The van der Waals surface area contributed by atoms with Crippen molar-refractivity contribution in [3.05, 3.63) is 31.7 Å². The van der Waals surface area contributed by atoms with Gasteiger partial charge in [0.25, 0.3) is 0 Å². The first-order chi connectivity index (χ1) is 6.57. The third-order valence-electron chi connectivity index (χ3n) is 1.52. The number of ether oxygens (including phenoxy) is 1. The van der Waals surface area contributed by atoms with Crippen LogP contribution in [0.3, 0.4) is 0 Å². The molecular formula is C9H7Br2ClO2. The van der Waals surface area contributed by atoms with Crippen LogP contribution in [0.25, 0.3) is 0 Å². The number of carbonyl (C=O) groups is 1. The predicted octanol–water partition coefficient (Wildman–Crippen LogP) is 4.04. The quantitative estimate of drug-likeness (QED) is 0.599. The van der Waals surface area contributed by atoms with Crippen molar-refractivity contribution in [3.63, 3.8) is 0 Å². The zero-order valence-corrected chi connectivity index (χ0v) is 11.2. The zero-order chi connectivity index (χ0) is 10.7. The molecule has 0 atom stereocenters. The van der Waals surface area contributed by atoms with Crippen LogP contribution in [-0.4, -0.2) is 12.6 Å². The standard InChI is InChI=1S/C9H7Br2ClO2/c1-2-14-9(13)7-6(12)4-3-5(10)8(7)11/h3-4H,2H2,1H3. The molecule has 0 N–H and O–H groups in total. The van der Waals surface area contributed by atoms with E-state index in [0.717, 1.165) is 4.47 Å². The lowest BCUT2D eigenvalue weighted by molar-refractivity contribution is 0.0525. The summed E-state index contributed by atoms with van der Waals surface area (Å²) in [6.45, 7) is 2.08. The third-order valence-corrected chi connectivity index (χ3v) is 3.86. The minimum absolute atomic E-state index is 0.327. The van der Waals surface area contributed by atoms with Gasteiger partial charge in [0.1, 0.15) is 0 Å². The van der Waals surface area contributed by atoms with E-state index in [-0.39, 0.29) is 0 Å². The van der Waals surface area contributed by atoms with E-state index in [9.17, 15) is 4.79 Å². The summed E-state index contributed by atoms with van der Waals surface area (Å²) in [5.41, 5.74) is 0.350. The van der Waals surface area contributed by atoms with Crippen molar-refractivity contribution < 1.29 is 9.53 Å². The number of rotatable bonds is 2. The van der Waals surface area contributed by atoms with Crippen molar-refractivity contribution in [2.75, 3.05) is 6.61 Å². The molecule has 2 nitrogen and oxygen atoms in total. The van der Waals surface area contributed by atoms with Crippen LogP contribution in [0.15, 0.2) is 21.1 Å². The molecule has 0 aliphatic rings. The molecule has 0 unspecified atom stereocenters. The van der Waals surface area contributed by atoms with Gasteiger partial charge in [0.2, 0.25) is 0 Å². The molecule has 0 bridgehead atoms. The van der Waals surface area contributed by atoms with E-state index >= 15 is 0 Å². The molecule has 0 amide bonds. The summed E-state index contributed by atoms with van der Waals surface area (Å²) in [5, 5.41) is 0.374. The Balaban J connectivity index is 3.18. The number of halogens is 3. The topological polar surface area (TPSA) is 26.3 Å². The van der Waals surface area contributed by atoms with E-state index < -0.39 is 5.97 Å². The second-order valence-electron chi connectivity index (χ2n) is 2.44. The Morgan fingerprint density at radius 1 is 1.50 bits per heavy atom. The van der Waals surface area contributed by atoms with Gasteiger partial charge in [-0.05, 0) is 50.9 Å². The van der Waals surface area contributed by atoms with Crippen molar-refractivity contribution in [1.82, 2.24) is 0 Å². The first-order valence-corrected chi connectivity index (χ1v) is 5.85. The van der Waals surface area contributed by atoms with Gasteiger partial charge >= 0.3 is 5.97 Å². The lowest BCUT2D eigenvalue weighted by Gasteiger charge is -2.07. The highest BCUT2D eigenvalue weighted by atomic mass is 79.9. The zero-order valence-electron chi connectivity index (χ0n) is 7.31. The highest BCUT2D eigenvalue weighted by Crippen LogP contribution is 2.32. The Morgan fingerprint density at radius 3 is 2.71 bits per heavy atom. The maximum absolute atomic E-state index is 11.5. The molecule has 0 saturated carbocycles. The summed E-state index contributed by atoms with van der Waals surface area (Å²) >= 11 is 12.4. The van der Waals surface area contributed by atoms with Gasteiger partial charge in [-0.25, -0.2) is 4.79 Å². The molecule has 1 aromatic carbocycles. The smallest absolute Gasteiger partial charge is 0.340 e. The van der Waals surface area contributed by atoms with Crippen LogP contribution < -0.4 is 0 Å². The normalized spacial score (nSPS) is 10.0. The van der Waals surface area contributed by atoms with Crippen LogP contribution in [0.4, 0.5) is 0 Å². The summed E-state index contributed by atoms with van der Waals surface area (Å²) in [7, 11) is 0. The maximum atomic E-state index is 11.5. The number of hydrogen-bond acceptors (Lipinski definition) is 2. The van der Waals surface area contributed by atoms with E-state index in [4.69, 9.17) is 16.3 Å². The molecule has 0 saturated heterocycles. The van der Waals surface area contributed by atoms with Crippen LogP contribution in [-0.2, 0) is 4.74 Å². The average Bonchev–Trinajstić information content (AvgIpc) is 2.13. The largest absolute Gasteiger partial charge is 0.462 e. The summed E-state index contributed by atoms with van der Waals surface area (Å²) < 4.78 is 6.25. The molecule has 0 aliphatic carbocycles. The van der Waals surface area contributed by atoms with Crippen molar-refractivity contribution in [2.45, 2.75) is 6.92 Å². The SMILES string of the molecule is CCOC(=O)c1c(Cl)ccc(Br)c1Br. The molecule has 0 aromatic heterocycles. The Labute approximate surface area is 104 Å². The van der Waals surface area contributed by atoms with Crippen LogP contribution in [0.1, 0.15) is 17.3 Å². The monoisotopic (exact) mass is 340 g/mol. The molecule has 0 spiro atoms. The minimum Gasteiger partial charge on any atom is -0.462 e. The molecule has 0 aliphatic heterocycles. The fourth-order valence-electron chi connectivity index (χ4n) is 0.917. The second kappa shape index (κ2) is 5.14. The summed E-state index contributed by atoms with van der Waals surface area (Å²) in [6.07, 6.45) is 0. The number of esters is 1. The number of benzene rings is 1. The molecule has 0 heterocycles. The lowest BCUT2D eigenvalue weighted by Crippen LogP contribution is -2.06. The molecular weight excluding hydrogens is 335 g/mol. The van der Waals surface area contributed by atoms with E-state index in [1.54, 1.807) is 19.1 Å². The van der Waals surface area contributed by atoms with Crippen LogP contribution in [0.5, 0.6) is 0 Å². The molecule has 0 radical (unpaired) electrons. The minimum atomic E-state index is -0.425. The second-order valence-corrected chi connectivity index (χ2v) is 4.49. The highest BCUT2D eigenvalue weighted by Gasteiger charge is 2.17. The first kappa shape index (κ1) is 12.0. The Bertz CT molecular complexity index is 366. The predicted molar refractivity (Wildman–Crippen MR) is 62.8 cm³/mol. The van der Waals surface area contributed by atoms with Crippen molar-refractivity contribution >= 4 is 49.4 Å². The third kappa shape index (κ3) is 2.49. The Hall–Kier alpha value is -0.0600. The van der Waals surface area contributed by atoms with Gasteiger partial charge < -0.3 is 4.74 Å². The van der Waals surface area contributed by atoms with Crippen LogP contribution >= 0.6 is 43.5 Å². The average molecular weight is 342 g/mol. The number of hydrogen-bond donors (Lipinski definition) is 0. The van der Waals surface area contributed by atoms with Gasteiger partial charge in [-0.2, -0.15) is 0 Å². The molecule has 0 fully saturated rings. The number of carbonyl (C=O) groups excluding carboxylic acids is 1. The summed E-state index contributed by atoms with van der Waals surface area (Å²) in [5.74, 6) is -0.425. The summed E-state index contributed by atoms with van der Waals surface area (Å²) in [4.78, 5) is 11.5. The van der Waals surface area contributed by atoms with Gasteiger partial charge in [0.15, 0.2) is 0 Å². The highest BCUT2D eigenvalue weighted by molar-refractivity contribution is 9.13. The van der Waals surface area contributed by atoms with E-state index in [1.165, 1.54) is 0 Å². The van der Waals surface area contributed by atoms with Crippen LogP contribution in [0, 0.1) is 0 Å². The molecule has 5 heteroatoms. The first-order valence-electron chi connectivity index (χ1n) is 3.88. The molecule has 1 aromatic rings. The fourth-order valence-corrected chi connectivity index (χ4v) is 2.10. The van der Waals surface area contributed by atoms with Gasteiger partial charge in [0, 0.05) is 8.95 Å². The van der Waals surface area contributed by atoms with E-state index in [0.29, 0.717) is 21.7 Å². The molecule has 76 valence electrons. The van der Waals surface area contributed by atoms with E-state index in [2.05, 4.69) is 31.9 Å². The molecule has 14 heavy (non-hydrogen) atoms. The maximum Gasteiger partial charge on any atom is 0.340 e. The Kier molecular flexibility index (Phi) is 4.41. The van der Waals surface area contributed by atoms with Gasteiger partial charge in [-0.3, -0.25) is 0 Å². The van der Waals surface area contributed by atoms with Gasteiger partial charge in [-0.1, -0.05) is 11.6 Å². The van der Waals surface area contributed by atoms with E-state index in [1.807, 2.05) is 0 Å². The van der Waals surface area contributed by atoms with Crippen molar-refractivity contribution in [2.24, 2.45) is 0 Å². The van der Waals surface area contributed by atoms with Crippen LogP contribution in [0.2, 0.25) is 5.02 Å². The van der Waals surface area contributed by atoms with Crippen molar-refractivity contribution in [1.29, 1.82) is 0 Å². The summed E-state index contributed by atoms with van der Waals surface area (Å²) in [6, 6.07) is 3.40.